The van der Waals surface area contributed by atoms with Crippen molar-refractivity contribution in [1.29, 1.82) is 0 Å². The van der Waals surface area contributed by atoms with Crippen molar-refractivity contribution in [2.75, 3.05) is 19.6 Å². The summed E-state index contributed by atoms with van der Waals surface area (Å²) in [7, 11) is 0. The zero-order chi connectivity index (χ0) is 13.0. The van der Waals surface area contributed by atoms with Crippen molar-refractivity contribution in [2.24, 2.45) is 0 Å². The summed E-state index contributed by atoms with van der Waals surface area (Å²) in [6.45, 7) is 5.07. The molecule has 1 saturated heterocycles. The Balaban J connectivity index is 2.14. The number of likely N-dealkylation sites (tertiary alicyclic amines) is 1. The maximum atomic E-state index is 13.8. The van der Waals surface area contributed by atoms with E-state index in [4.69, 9.17) is 0 Å². The number of benzene rings is 1. The highest BCUT2D eigenvalue weighted by molar-refractivity contribution is 5.24. The molecule has 0 bridgehead atoms. The summed E-state index contributed by atoms with van der Waals surface area (Å²) in [6.07, 6.45) is 3.31. The molecule has 2 rings (SSSR count). The molecule has 0 aliphatic carbocycles. The minimum atomic E-state index is -0.992. The van der Waals surface area contributed by atoms with Crippen LogP contribution in [-0.4, -0.2) is 29.6 Å². The van der Waals surface area contributed by atoms with Crippen molar-refractivity contribution in [3.63, 3.8) is 0 Å². The van der Waals surface area contributed by atoms with Gasteiger partial charge in [0.05, 0.1) is 5.60 Å². The average molecular weight is 251 g/mol. The van der Waals surface area contributed by atoms with Gasteiger partial charge in [0.2, 0.25) is 0 Å². The zero-order valence-corrected chi connectivity index (χ0v) is 11.0. The van der Waals surface area contributed by atoms with Crippen LogP contribution in [0.3, 0.4) is 0 Å². The third-order valence-corrected chi connectivity index (χ3v) is 3.82. The van der Waals surface area contributed by atoms with E-state index in [9.17, 15) is 9.50 Å². The van der Waals surface area contributed by atoms with Crippen molar-refractivity contribution in [3.8, 4) is 0 Å². The molecule has 1 aromatic carbocycles. The summed E-state index contributed by atoms with van der Waals surface area (Å²) in [6, 6.07) is 6.61. The third kappa shape index (κ3) is 2.90. The summed E-state index contributed by atoms with van der Waals surface area (Å²) in [5, 5.41) is 10.7. The standard InChI is InChI=1S/C15H22FNO/c1-2-10-17-11-5-8-15(18,9-12-17)13-6-3-4-7-14(13)16/h3-4,6-7,18H,2,5,8-12H2,1H3. The number of hydrogen-bond acceptors (Lipinski definition) is 2. The normalized spacial score (nSPS) is 25.9. The van der Waals surface area contributed by atoms with E-state index >= 15 is 0 Å². The van der Waals surface area contributed by atoms with Crippen LogP contribution in [0.4, 0.5) is 4.39 Å². The molecule has 0 spiro atoms. The molecule has 0 saturated carbocycles. The second kappa shape index (κ2) is 5.81. The first-order valence-corrected chi connectivity index (χ1v) is 6.85. The molecule has 1 aromatic rings. The van der Waals surface area contributed by atoms with E-state index in [1.165, 1.54) is 6.07 Å². The van der Waals surface area contributed by atoms with Crippen molar-refractivity contribution in [3.05, 3.63) is 35.6 Å². The van der Waals surface area contributed by atoms with Crippen molar-refractivity contribution in [2.45, 2.75) is 38.2 Å². The average Bonchev–Trinajstić information content (AvgIpc) is 2.54. The lowest BCUT2D eigenvalue weighted by Gasteiger charge is -2.27. The predicted octanol–water partition coefficient (Wildman–Crippen LogP) is 2.91. The van der Waals surface area contributed by atoms with Gasteiger partial charge in [0.25, 0.3) is 0 Å². The fourth-order valence-electron chi connectivity index (χ4n) is 2.82. The summed E-state index contributed by atoms with van der Waals surface area (Å²) in [5.74, 6) is -0.288. The maximum Gasteiger partial charge on any atom is 0.129 e. The van der Waals surface area contributed by atoms with Gasteiger partial charge in [-0.1, -0.05) is 25.1 Å². The number of halogens is 1. The second-order valence-electron chi connectivity index (χ2n) is 5.21. The number of aliphatic hydroxyl groups is 1. The summed E-state index contributed by atoms with van der Waals surface area (Å²) in [4.78, 5) is 2.36. The number of hydrogen-bond donors (Lipinski definition) is 1. The van der Waals surface area contributed by atoms with Gasteiger partial charge in [-0.15, -0.1) is 0 Å². The molecule has 1 unspecified atom stereocenters. The molecule has 0 aromatic heterocycles. The molecule has 1 aliphatic heterocycles. The minimum absolute atomic E-state index is 0.288. The molecular formula is C15H22FNO. The molecule has 1 aliphatic rings. The smallest absolute Gasteiger partial charge is 0.129 e. The Kier molecular flexibility index (Phi) is 4.36. The van der Waals surface area contributed by atoms with Crippen LogP contribution in [0, 0.1) is 5.82 Å². The van der Waals surface area contributed by atoms with Gasteiger partial charge in [0.15, 0.2) is 0 Å². The number of rotatable bonds is 3. The Labute approximate surface area is 108 Å². The highest BCUT2D eigenvalue weighted by Crippen LogP contribution is 2.34. The lowest BCUT2D eigenvalue weighted by Crippen LogP contribution is -2.30. The van der Waals surface area contributed by atoms with Gasteiger partial charge in [0.1, 0.15) is 5.82 Å². The Morgan fingerprint density at radius 3 is 2.78 bits per heavy atom. The Bertz CT molecular complexity index is 396. The molecular weight excluding hydrogens is 229 g/mol. The molecule has 0 radical (unpaired) electrons. The predicted molar refractivity (Wildman–Crippen MR) is 70.9 cm³/mol. The van der Waals surface area contributed by atoms with Crippen LogP contribution >= 0.6 is 0 Å². The second-order valence-corrected chi connectivity index (χ2v) is 5.21. The Morgan fingerprint density at radius 2 is 2.06 bits per heavy atom. The van der Waals surface area contributed by atoms with E-state index < -0.39 is 5.60 Å². The van der Waals surface area contributed by atoms with Gasteiger partial charge in [-0.3, -0.25) is 0 Å². The molecule has 1 heterocycles. The fourth-order valence-corrected chi connectivity index (χ4v) is 2.82. The van der Waals surface area contributed by atoms with E-state index in [1.54, 1.807) is 18.2 Å². The van der Waals surface area contributed by atoms with E-state index in [-0.39, 0.29) is 5.82 Å². The molecule has 2 nitrogen and oxygen atoms in total. The van der Waals surface area contributed by atoms with Crippen LogP contribution in [0.5, 0.6) is 0 Å². The first-order valence-electron chi connectivity index (χ1n) is 6.85. The van der Waals surface area contributed by atoms with E-state index in [2.05, 4.69) is 11.8 Å². The lowest BCUT2D eigenvalue weighted by atomic mass is 9.86. The van der Waals surface area contributed by atoms with Crippen LogP contribution in [0.25, 0.3) is 0 Å². The van der Waals surface area contributed by atoms with Gasteiger partial charge >= 0.3 is 0 Å². The van der Waals surface area contributed by atoms with E-state index in [0.29, 0.717) is 18.4 Å². The summed E-state index contributed by atoms with van der Waals surface area (Å²) in [5.41, 5.74) is -0.531. The van der Waals surface area contributed by atoms with Crippen LogP contribution in [0.2, 0.25) is 0 Å². The molecule has 100 valence electrons. The van der Waals surface area contributed by atoms with Crippen molar-refractivity contribution < 1.29 is 9.50 Å². The van der Waals surface area contributed by atoms with E-state index in [0.717, 1.165) is 32.5 Å². The largest absolute Gasteiger partial charge is 0.385 e. The molecule has 1 N–H and O–H groups in total. The van der Waals surface area contributed by atoms with Crippen LogP contribution in [0.1, 0.15) is 38.2 Å². The van der Waals surface area contributed by atoms with Gasteiger partial charge in [-0.05, 0) is 44.8 Å². The van der Waals surface area contributed by atoms with Crippen LogP contribution in [-0.2, 0) is 5.60 Å². The third-order valence-electron chi connectivity index (χ3n) is 3.82. The minimum Gasteiger partial charge on any atom is -0.385 e. The zero-order valence-electron chi connectivity index (χ0n) is 11.0. The maximum absolute atomic E-state index is 13.8. The Hall–Kier alpha value is -0.930. The lowest BCUT2D eigenvalue weighted by molar-refractivity contribution is 0.0178. The molecule has 1 fully saturated rings. The monoisotopic (exact) mass is 251 g/mol. The van der Waals surface area contributed by atoms with Gasteiger partial charge in [0, 0.05) is 12.1 Å². The Morgan fingerprint density at radius 1 is 1.28 bits per heavy atom. The summed E-state index contributed by atoms with van der Waals surface area (Å²) >= 11 is 0. The molecule has 18 heavy (non-hydrogen) atoms. The number of nitrogens with zero attached hydrogens (tertiary/aromatic N) is 1. The highest BCUT2D eigenvalue weighted by Gasteiger charge is 2.33. The van der Waals surface area contributed by atoms with Crippen LogP contribution < -0.4 is 0 Å². The molecule has 3 heteroatoms. The van der Waals surface area contributed by atoms with Crippen molar-refractivity contribution >= 4 is 0 Å². The van der Waals surface area contributed by atoms with E-state index in [1.807, 2.05) is 0 Å². The van der Waals surface area contributed by atoms with Gasteiger partial charge < -0.3 is 10.0 Å². The molecule has 1 atom stereocenters. The topological polar surface area (TPSA) is 23.5 Å². The first-order chi connectivity index (χ1) is 8.65. The first kappa shape index (κ1) is 13.5. The van der Waals surface area contributed by atoms with Crippen LogP contribution in [0.15, 0.2) is 24.3 Å². The quantitative estimate of drug-likeness (QED) is 0.893. The SMILES string of the molecule is CCCN1CCCC(O)(c2ccccc2F)CC1. The van der Waals surface area contributed by atoms with Gasteiger partial charge in [-0.2, -0.15) is 0 Å². The highest BCUT2D eigenvalue weighted by atomic mass is 19.1. The van der Waals surface area contributed by atoms with Gasteiger partial charge in [-0.25, -0.2) is 4.39 Å². The van der Waals surface area contributed by atoms with Crippen molar-refractivity contribution in [1.82, 2.24) is 4.90 Å². The fraction of sp³-hybridized carbons (Fsp3) is 0.600. The summed E-state index contributed by atoms with van der Waals surface area (Å²) < 4.78 is 13.8. The molecule has 0 amide bonds.